The monoisotopic (exact) mass is 390 g/mol. The zero-order valence-electron chi connectivity index (χ0n) is 16.2. The van der Waals surface area contributed by atoms with Crippen LogP contribution in [0.15, 0.2) is 42.5 Å². The van der Waals surface area contributed by atoms with Gasteiger partial charge in [0.25, 0.3) is 0 Å². The van der Waals surface area contributed by atoms with E-state index < -0.39 is 10.0 Å². The second-order valence-electron chi connectivity index (χ2n) is 6.35. The summed E-state index contributed by atoms with van der Waals surface area (Å²) in [5, 5.41) is 2.79. The van der Waals surface area contributed by atoms with Gasteiger partial charge in [0.15, 0.2) is 0 Å². The van der Waals surface area contributed by atoms with Crippen molar-refractivity contribution in [2.24, 2.45) is 0 Å². The van der Waals surface area contributed by atoms with Gasteiger partial charge < -0.3 is 10.1 Å². The number of carbonyl (C=O) groups excluding carboxylic acids is 1. The third kappa shape index (κ3) is 5.72. The molecule has 146 valence electrons. The topological polar surface area (TPSA) is 75.7 Å². The number of hydrogen-bond donors (Lipinski definition) is 1. The van der Waals surface area contributed by atoms with Gasteiger partial charge in [-0.25, -0.2) is 8.42 Å². The number of aryl methyl sites for hydroxylation is 2. The SMILES string of the molecule is CCOc1ccccc1NC(=O)CCN(c1ccc(C)cc1C)S(C)(=O)=O. The average molecular weight is 391 g/mol. The number of para-hydroxylation sites is 2. The summed E-state index contributed by atoms with van der Waals surface area (Å²) in [5.41, 5.74) is 3.06. The van der Waals surface area contributed by atoms with Gasteiger partial charge in [-0.05, 0) is 44.5 Å². The molecular formula is C20H26N2O4S. The van der Waals surface area contributed by atoms with Crippen molar-refractivity contribution in [3.05, 3.63) is 53.6 Å². The van der Waals surface area contributed by atoms with Crippen molar-refractivity contribution in [2.75, 3.05) is 29.0 Å². The number of rotatable bonds is 8. The average Bonchev–Trinajstić information content (AvgIpc) is 2.57. The number of hydrogen-bond acceptors (Lipinski definition) is 4. The minimum Gasteiger partial charge on any atom is -0.492 e. The van der Waals surface area contributed by atoms with Crippen LogP contribution in [0.5, 0.6) is 5.75 Å². The lowest BCUT2D eigenvalue weighted by molar-refractivity contribution is -0.116. The van der Waals surface area contributed by atoms with Crippen LogP contribution >= 0.6 is 0 Å². The van der Waals surface area contributed by atoms with Crippen LogP contribution in [-0.4, -0.2) is 33.7 Å². The number of carbonyl (C=O) groups is 1. The van der Waals surface area contributed by atoms with Crippen LogP contribution in [0.4, 0.5) is 11.4 Å². The van der Waals surface area contributed by atoms with Crippen molar-refractivity contribution >= 4 is 27.3 Å². The molecule has 0 bridgehead atoms. The number of sulfonamides is 1. The van der Waals surface area contributed by atoms with E-state index in [1.54, 1.807) is 24.3 Å². The molecule has 1 amide bonds. The molecule has 0 saturated carbocycles. The molecule has 0 aliphatic heterocycles. The standard InChI is InChI=1S/C20H26N2O4S/c1-5-26-19-9-7-6-8-17(19)21-20(23)12-13-22(27(4,24)25)18-11-10-15(2)14-16(18)3/h6-11,14H,5,12-13H2,1-4H3,(H,21,23). The van der Waals surface area contributed by atoms with Gasteiger partial charge in [-0.3, -0.25) is 9.10 Å². The Balaban J connectivity index is 2.13. The first-order valence-corrected chi connectivity index (χ1v) is 10.6. The Morgan fingerprint density at radius 2 is 1.85 bits per heavy atom. The summed E-state index contributed by atoms with van der Waals surface area (Å²) in [6.07, 6.45) is 1.18. The van der Waals surface area contributed by atoms with Gasteiger partial charge in [0.05, 0.1) is 24.2 Å². The van der Waals surface area contributed by atoms with Gasteiger partial charge in [-0.2, -0.15) is 0 Å². The Morgan fingerprint density at radius 3 is 2.48 bits per heavy atom. The number of anilines is 2. The van der Waals surface area contributed by atoms with E-state index >= 15 is 0 Å². The first-order valence-electron chi connectivity index (χ1n) is 8.79. The molecule has 0 radical (unpaired) electrons. The van der Waals surface area contributed by atoms with Gasteiger partial charge in [0.1, 0.15) is 5.75 Å². The molecule has 2 aromatic carbocycles. The molecule has 0 aliphatic carbocycles. The highest BCUT2D eigenvalue weighted by atomic mass is 32.2. The number of nitrogens with zero attached hydrogens (tertiary/aromatic N) is 1. The highest BCUT2D eigenvalue weighted by Crippen LogP contribution is 2.25. The molecule has 7 heteroatoms. The summed E-state index contributed by atoms with van der Waals surface area (Å²) < 4.78 is 31.3. The maximum absolute atomic E-state index is 12.4. The maximum atomic E-state index is 12.4. The summed E-state index contributed by atoms with van der Waals surface area (Å²) in [4.78, 5) is 12.4. The van der Waals surface area contributed by atoms with E-state index in [2.05, 4.69) is 5.32 Å². The molecule has 0 saturated heterocycles. The van der Waals surface area contributed by atoms with Crippen LogP contribution in [0.3, 0.4) is 0 Å². The Hall–Kier alpha value is -2.54. The lowest BCUT2D eigenvalue weighted by atomic mass is 10.1. The molecule has 0 unspecified atom stereocenters. The van der Waals surface area contributed by atoms with E-state index in [0.29, 0.717) is 23.7 Å². The Morgan fingerprint density at radius 1 is 1.15 bits per heavy atom. The molecule has 2 rings (SSSR count). The van der Waals surface area contributed by atoms with Gasteiger partial charge in [0.2, 0.25) is 15.9 Å². The molecule has 0 fully saturated rings. The summed E-state index contributed by atoms with van der Waals surface area (Å²) in [6, 6.07) is 12.7. The van der Waals surface area contributed by atoms with Crippen molar-refractivity contribution in [3.8, 4) is 5.75 Å². The molecule has 0 aliphatic rings. The number of ether oxygens (including phenoxy) is 1. The third-order valence-corrected chi connectivity index (χ3v) is 5.20. The number of amides is 1. The zero-order chi connectivity index (χ0) is 20.0. The minimum absolute atomic E-state index is 0.0286. The number of benzene rings is 2. The fraction of sp³-hybridized carbons (Fsp3) is 0.350. The molecule has 6 nitrogen and oxygen atoms in total. The van der Waals surface area contributed by atoms with Crippen LogP contribution < -0.4 is 14.4 Å². The van der Waals surface area contributed by atoms with Crippen molar-refractivity contribution in [3.63, 3.8) is 0 Å². The van der Waals surface area contributed by atoms with Gasteiger partial charge in [-0.1, -0.05) is 29.8 Å². The normalized spacial score (nSPS) is 11.1. The fourth-order valence-corrected chi connectivity index (χ4v) is 3.80. The van der Waals surface area contributed by atoms with Crippen LogP contribution in [0, 0.1) is 13.8 Å². The van der Waals surface area contributed by atoms with Crippen molar-refractivity contribution in [1.82, 2.24) is 0 Å². The van der Waals surface area contributed by atoms with E-state index in [1.807, 2.05) is 39.0 Å². The summed E-state index contributed by atoms with van der Waals surface area (Å²) in [7, 11) is -3.51. The van der Waals surface area contributed by atoms with E-state index in [-0.39, 0.29) is 18.9 Å². The highest BCUT2D eigenvalue weighted by molar-refractivity contribution is 7.92. The fourth-order valence-electron chi connectivity index (χ4n) is 2.82. The van der Waals surface area contributed by atoms with E-state index in [0.717, 1.165) is 17.4 Å². The van der Waals surface area contributed by atoms with Crippen molar-refractivity contribution in [2.45, 2.75) is 27.2 Å². The lowest BCUT2D eigenvalue weighted by Crippen LogP contribution is -2.33. The van der Waals surface area contributed by atoms with Gasteiger partial charge >= 0.3 is 0 Å². The molecule has 2 aromatic rings. The first-order chi connectivity index (χ1) is 12.7. The maximum Gasteiger partial charge on any atom is 0.232 e. The molecule has 0 aromatic heterocycles. The third-order valence-electron chi connectivity index (χ3n) is 4.02. The molecule has 0 atom stereocenters. The smallest absolute Gasteiger partial charge is 0.232 e. The van der Waals surface area contributed by atoms with E-state index in [9.17, 15) is 13.2 Å². The van der Waals surface area contributed by atoms with E-state index in [4.69, 9.17) is 4.74 Å². The predicted octanol–water partition coefficient (Wildman–Crippen LogP) is 3.50. The highest BCUT2D eigenvalue weighted by Gasteiger charge is 2.20. The van der Waals surface area contributed by atoms with E-state index in [1.165, 1.54) is 4.31 Å². The predicted molar refractivity (Wildman–Crippen MR) is 109 cm³/mol. The van der Waals surface area contributed by atoms with Crippen LogP contribution in [0.25, 0.3) is 0 Å². The second kappa shape index (κ2) is 8.90. The molecule has 0 spiro atoms. The van der Waals surface area contributed by atoms with Crippen LogP contribution in [-0.2, 0) is 14.8 Å². The summed E-state index contributed by atoms with van der Waals surface area (Å²) in [6.45, 7) is 6.23. The Labute approximate surface area is 161 Å². The quantitative estimate of drug-likeness (QED) is 0.749. The molecule has 1 N–H and O–H groups in total. The minimum atomic E-state index is -3.51. The Kier molecular flexibility index (Phi) is 6.85. The van der Waals surface area contributed by atoms with Crippen molar-refractivity contribution in [1.29, 1.82) is 0 Å². The van der Waals surface area contributed by atoms with Crippen molar-refractivity contribution < 1.29 is 17.9 Å². The Bertz CT molecular complexity index is 910. The second-order valence-corrected chi connectivity index (χ2v) is 8.26. The zero-order valence-corrected chi connectivity index (χ0v) is 17.0. The lowest BCUT2D eigenvalue weighted by Gasteiger charge is -2.24. The molecular weight excluding hydrogens is 364 g/mol. The molecule has 0 heterocycles. The summed E-state index contributed by atoms with van der Waals surface area (Å²) in [5.74, 6) is 0.309. The first kappa shape index (κ1) is 20.8. The largest absolute Gasteiger partial charge is 0.492 e. The van der Waals surface area contributed by atoms with Crippen LogP contribution in [0.2, 0.25) is 0 Å². The van der Waals surface area contributed by atoms with Gasteiger partial charge in [-0.15, -0.1) is 0 Å². The molecule has 27 heavy (non-hydrogen) atoms. The van der Waals surface area contributed by atoms with Crippen LogP contribution in [0.1, 0.15) is 24.5 Å². The van der Waals surface area contributed by atoms with Gasteiger partial charge in [0, 0.05) is 13.0 Å². The number of nitrogens with one attached hydrogen (secondary N) is 1. The summed E-state index contributed by atoms with van der Waals surface area (Å²) >= 11 is 0.